The largest absolute Gasteiger partial charge is 0.416 e. The van der Waals surface area contributed by atoms with E-state index in [9.17, 15) is 18.0 Å². The van der Waals surface area contributed by atoms with Crippen molar-refractivity contribution >= 4 is 18.3 Å². The first kappa shape index (κ1) is 22.8. The van der Waals surface area contributed by atoms with E-state index in [0.717, 1.165) is 56.7 Å². The second kappa shape index (κ2) is 10.2. The molecule has 0 aromatic heterocycles. The zero-order valence-corrected chi connectivity index (χ0v) is 16.2. The highest BCUT2D eigenvalue weighted by Gasteiger charge is 2.30. The fourth-order valence-electron chi connectivity index (χ4n) is 3.41. The third kappa shape index (κ3) is 6.16. The minimum Gasteiger partial charge on any atom is -0.340 e. The summed E-state index contributed by atoms with van der Waals surface area (Å²) in [6.45, 7) is 7.66. The topological polar surface area (TPSA) is 23.6 Å². The van der Waals surface area contributed by atoms with Crippen LogP contribution >= 0.6 is 12.4 Å². The van der Waals surface area contributed by atoms with Gasteiger partial charge in [-0.25, -0.2) is 0 Å². The fourth-order valence-corrected chi connectivity index (χ4v) is 3.41. The van der Waals surface area contributed by atoms with E-state index in [-0.39, 0.29) is 18.3 Å². The molecule has 0 atom stereocenters. The lowest BCUT2D eigenvalue weighted by Crippen LogP contribution is -2.51. The molecular formula is C19H28ClF3N2O. The van der Waals surface area contributed by atoms with E-state index in [1.165, 1.54) is 12.1 Å². The summed E-state index contributed by atoms with van der Waals surface area (Å²) in [7, 11) is 0. The maximum absolute atomic E-state index is 12.6. The van der Waals surface area contributed by atoms with Crippen molar-refractivity contribution in [1.82, 2.24) is 9.80 Å². The van der Waals surface area contributed by atoms with Gasteiger partial charge in [-0.05, 0) is 37.0 Å². The second-order valence-electron chi connectivity index (χ2n) is 6.58. The zero-order chi connectivity index (χ0) is 18.4. The summed E-state index contributed by atoms with van der Waals surface area (Å²) >= 11 is 0. The van der Waals surface area contributed by atoms with Crippen LogP contribution in [0.1, 0.15) is 44.2 Å². The molecule has 1 aliphatic rings. The van der Waals surface area contributed by atoms with Gasteiger partial charge in [-0.15, -0.1) is 12.4 Å². The normalized spacial score (nSPS) is 15.8. The smallest absolute Gasteiger partial charge is 0.340 e. The molecule has 1 aromatic rings. The second-order valence-corrected chi connectivity index (χ2v) is 6.58. The van der Waals surface area contributed by atoms with Gasteiger partial charge in [0.05, 0.1) is 5.56 Å². The van der Waals surface area contributed by atoms with Crippen molar-refractivity contribution in [2.75, 3.05) is 26.2 Å². The monoisotopic (exact) mass is 392 g/mol. The standard InChI is InChI=1S/C19H27F3N2O.ClH/c1-3-17(4-2)23-11-13-24(14-12-23)18(25)10-7-15-5-8-16(9-6-15)19(20,21)22;/h5-6,8-9,17H,3-4,7,10-14H2,1-2H3;1H. The summed E-state index contributed by atoms with van der Waals surface area (Å²) in [6, 6.07) is 5.66. The van der Waals surface area contributed by atoms with Crippen LogP contribution in [0.5, 0.6) is 0 Å². The molecular weight excluding hydrogens is 365 g/mol. The van der Waals surface area contributed by atoms with Crippen molar-refractivity contribution in [3.8, 4) is 0 Å². The number of rotatable bonds is 6. The minimum atomic E-state index is -4.32. The van der Waals surface area contributed by atoms with Crippen LogP contribution in [0.3, 0.4) is 0 Å². The van der Waals surface area contributed by atoms with Crippen LogP contribution in [-0.4, -0.2) is 47.9 Å². The van der Waals surface area contributed by atoms with Gasteiger partial charge in [0.15, 0.2) is 0 Å². The average molecular weight is 393 g/mol. The molecule has 0 saturated carbocycles. The number of hydrogen-bond acceptors (Lipinski definition) is 2. The summed E-state index contributed by atoms with van der Waals surface area (Å²) in [6.07, 6.45) is -1.25. The van der Waals surface area contributed by atoms with Gasteiger partial charge in [0.25, 0.3) is 0 Å². The number of aryl methyl sites for hydroxylation is 1. The molecule has 1 aromatic carbocycles. The van der Waals surface area contributed by atoms with Crippen molar-refractivity contribution in [2.24, 2.45) is 0 Å². The van der Waals surface area contributed by atoms with Crippen molar-refractivity contribution in [3.63, 3.8) is 0 Å². The molecule has 0 bridgehead atoms. The zero-order valence-electron chi connectivity index (χ0n) is 15.4. The SMILES string of the molecule is CCC(CC)N1CCN(C(=O)CCc2ccc(C(F)(F)F)cc2)CC1.Cl. The van der Waals surface area contributed by atoms with Crippen molar-refractivity contribution < 1.29 is 18.0 Å². The first-order valence-corrected chi connectivity index (χ1v) is 9.03. The Morgan fingerprint density at radius 1 is 1.04 bits per heavy atom. The number of halogens is 4. The number of hydrogen-bond donors (Lipinski definition) is 0. The summed E-state index contributed by atoms with van der Waals surface area (Å²) < 4.78 is 37.7. The van der Waals surface area contributed by atoms with E-state index in [1.807, 2.05) is 4.90 Å². The maximum Gasteiger partial charge on any atom is 0.416 e. The van der Waals surface area contributed by atoms with Crippen LogP contribution in [0, 0.1) is 0 Å². The summed E-state index contributed by atoms with van der Waals surface area (Å²) in [5.41, 5.74) is 0.108. The van der Waals surface area contributed by atoms with Gasteiger partial charge in [0.1, 0.15) is 0 Å². The lowest BCUT2D eigenvalue weighted by Gasteiger charge is -2.39. The molecule has 0 N–H and O–H groups in total. The van der Waals surface area contributed by atoms with Crippen LogP contribution in [0.4, 0.5) is 13.2 Å². The minimum absolute atomic E-state index is 0. The van der Waals surface area contributed by atoms with E-state index < -0.39 is 11.7 Å². The van der Waals surface area contributed by atoms with Gasteiger partial charge < -0.3 is 4.90 Å². The number of carbonyl (C=O) groups excluding carboxylic acids is 1. The number of amides is 1. The lowest BCUT2D eigenvalue weighted by atomic mass is 10.1. The summed E-state index contributed by atoms with van der Waals surface area (Å²) in [5.74, 6) is 0.0871. The Morgan fingerprint density at radius 2 is 1.58 bits per heavy atom. The van der Waals surface area contributed by atoms with Gasteiger partial charge in [0.2, 0.25) is 5.91 Å². The molecule has 26 heavy (non-hydrogen) atoms. The maximum atomic E-state index is 12.6. The molecule has 0 radical (unpaired) electrons. The lowest BCUT2D eigenvalue weighted by molar-refractivity contribution is -0.137. The predicted molar refractivity (Wildman–Crippen MR) is 99.5 cm³/mol. The molecule has 0 aliphatic carbocycles. The molecule has 7 heteroatoms. The average Bonchev–Trinajstić information content (AvgIpc) is 2.61. The highest BCUT2D eigenvalue weighted by molar-refractivity contribution is 5.85. The molecule has 1 aliphatic heterocycles. The molecule has 3 nitrogen and oxygen atoms in total. The molecule has 0 spiro atoms. The van der Waals surface area contributed by atoms with Crippen LogP contribution in [0.2, 0.25) is 0 Å². The molecule has 2 rings (SSSR count). The Labute approximate surface area is 160 Å². The molecule has 1 amide bonds. The van der Waals surface area contributed by atoms with E-state index in [1.54, 1.807) is 0 Å². The Kier molecular flexibility index (Phi) is 8.90. The van der Waals surface area contributed by atoms with E-state index in [4.69, 9.17) is 0 Å². The van der Waals surface area contributed by atoms with Gasteiger partial charge in [-0.3, -0.25) is 9.69 Å². The van der Waals surface area contributed by atoms with E-state index in [2.05, 4.69) is 18.7 Å². The molecule has 1 heterocycles. The highest BCUT2D eigenvalue weighted by atomic mass is 35.5. The molecule has 0 unspecified atom stereocenters. The fraction of sp³-hybridized carbons (Fsp3) is 0.632. The number of nitrogens with zero attached hydrogens (tertiary/aromatic N) is 2. The van der Waals surface area contributed by atoms with Crippen molar-refractivity contribution in [2.45, 2.75) is 51.7 Å². The van der Waals surface area contributed by atoms with Crippen LogP contribution in [0.25, 0.3) is 0 Å². The number of piperazine rings is 1. The third-order valence-corrected chi connectivity index (χ3v) is 5.03. The Hall–Kier alpha value is -1.27. The van der Waals surface area contributed by atoms with Crippen LogP contribution in [0.15, 0.2) is 24.3 Å². The van der Waals surface area contributed by atoms with Gasteiger partial charge in [-0.1, -0.05) is 26.0 Å². The van der Waals surface area contributed by atoms with Crippen molar-refractivity contribution in [3.05, 3.63) is 35.4 Å². The number of alkyl halides is 3. The highest BCUT2D eigenvalue weighted by Crippen LogP contribution is 2.29. The summed E-state index contributed by atoms with van der Waals surface area (Å²) in [4.78, 5) is 16.7. The molecule has 1 saturated heterocycles. The van der Waals surface area contributed by atoms with Gasteiger partial charge in [-0.2, -0.15) is 13.2 Å². The van der Waals surface area contributed by atoms with E-state index in [0.29, 0.717) is 18.9 Å². The Bertz CT molecular complexity index is 551. The van der Waals surface area contributed by atoms with Gasteiger partial charge in [0, 0.05) is 38.6 Å². The summed E-state index contributed by atoms with van der Waals surface area (Å²) in [5, 5.41) is 0. The quantitative estimate of drug-likeness (QED) is 0.716. The van der Waals surface area contributed by atoms with Gasteiger partial charge >= 0.3 is 6.18 Å². The first-order chi connectivity index (χ1) is 11.8. The number of benzene rings is 1. The van der Waals surface area contributed by atoms with Crippen LogP contribution < -0.4 is 0 Å². The van der Waals surface area contributed by atoms with Crippen LogP contribution in [-0.2, 0) is 17.4 Å². The predicted octanol–water partition coefficient (Wildman–Crippen LogP) is 4.39. The Balaban J connectivity index is 0.00000338. The molecule has 148 valence electrons. The number of carbonyl (C=O) groups is 1. The van der Waals surface area contributed by atoms with Crippen molar-refractivity contribution in [1.29, 1.82) is 0 Å². The van der Waals surface area contributed by atoms with E-state index >= 15 is 0 Å². The Morgan fingerprint density at radius 3 is 2.04 bits per heavy atom. The first-order valence-electron chi connectivity index (χ1n) is 9.03. The third-order valence-electron chi connectivity index (χ3n) is 5.03. The molecule has 1 fully saturated rings.